The van der Waals surface area contributed by atoms with Crippen molar-refractivity contribution in [3.63, 3.8) is 0 Å². The van der Waals surface area contributed by atoms with Crippen LogP contribution in [0, 0.1) is 0 Å². The first-order valence-electron chi connectivity index (χ1n) is 28.7. The first-order valence-corrected chi connectivity index (χ1v) is 28.7. The molecule has 0 aromatic heterocycles. The van der Waals surface area contributed by atoms with E-state index in [0.29, 0.717) is 19.3 Å². The van der Waals surface area contributed by atoms with Crippen molar-refractivity contribution in [2.24, 2.45) is 0 Å². The molecule has 0 fully saturated rings. The molecular formula is C58H110O6. The minimum absolute atomic E-state index is 0.0676. The second kappa shape index (κ2) is 53.8. The Kier molecular flexibility index (Phi) is 52.2. The normalized spacial score (nSPS) is 12.0. The molecule has 0 aromatic rings. The third-order valence-electron chi connectivity index (χ3n) is 13.0. The van der Waals surface area contributed by atoms with Gasteiger partial charge in [0.2, 0.25) is 0 Å². The molecule has 0 aromatic carbocycles. The van der Waals surface area contributed by atoms with Crippen molar-refractivity contribution in [3.8, 4) is 0 Å². The largest absolute Gasteiger partial charge is 0.462 e. The van der Waals surface area contributed by atoms with Gasteiger partial charge in [-0.1, -0.05) is 270 Å². The van der Waals surface area contributed by atoms with E-state index in [1.54, 1.807) is 0 Å². The van der Waals surface area contributed by atoms with Crippen LogP contribution in [0.15, 0.2) is 12.2 Å². The highest BCUT2D eigenvalue weighted by Crippen LogP contribution is 2.17. The summed E-state index contributed by atoms with van der Waals surface area (Å²) in [6.45, 7) is 6.67. The van der Waals surface area contributed by atoms with Crippen molar-refractivity contribution in [2.75, 3.05) is 13.2 Å². The van der Waals surface area contributed by atoms with E-state index in [1.807, 2.05) is 0 Å². The average Bonchev–Trinajstić information content (AvgIpc) is 3.29. The molecule has 378 valence electrons. The smallest absolute Gasteiger partial charge is 0.306 e. The highest BCUT2D eigenvalue weighted by molar-refractivity contribution is 5.71. The van der Waals surface area contributed by atoms with Gasteiger partial charge in [0.05, 0.1) is 0 Å². The summed E-state index contributed by atoms with van der Waals surface area (Å²) < 4.78 is 16.8. The Labute approximate surface area is 399 Å². The molecular weight excluding hydrogens is 793 g/mol. The highest BCUT2D eigenvalue weighted by atomic mass is 16.6. The van der Waals surface area contributed by atoms with Gasteiger partial charge in [0.1, 0.15) is 13.2 Å². The SMILES string of the molecule is CCCCCCC/C=C\CCCCCCCC(=O)OC(COC(=O)CCCCCCCCCCCCC)COC(=O)CCCCCCCCCCCCCCCCCCCCCCC. The fourth-order valence-electron chi connectivity index (χ4n) is 8.68. The van der Waals surface area contributed by atoms with Crippen LogP contribution in [0.1, 0.15) is 323 Å². The molecule has 64 heavy (non-hydrogen) atoms. The van der Waals surface area contributed by atoms with Crippen LogP contribution in [0.25, 0.3) is 0 Å². The molecule has 1 atom stereocenters. The standard InChI is InChI=1S/C58H110O6/c1-4-7-10-13-16-19-22-24-26-27-28-29-30-31-32-34-36-39-42-45-48-51-57(60)63-54-55(53-62-56(59)50-47-44-41-38-35-21-18-15-12-9-6-3)64-58(61)52-49-46-43-40-37-33-25-23-20-17-14-11-8-5-2/h23,25,55H,4-22,24,26-54H2,1-3H3/b25-23-. The van der Waals surface area contributed by atoms with Gasteiger partial charge >= 0.3 is 17.9 Å². The monoisotopic (exact) mass is 903 g/mol. The summed E-state index contributed by atoms with van der Waals surface area (Å²) in [6.07, 6.45) is 60.6. The average molecular weight is 904 g/mol. The van der Waals surface area contributed by atoms with Crippen molar-refractivity contribution in [1.29, 1.82) is 0 Å². The van der Waals surface area contributed by atoms with Crippen LogP contribution in [0.3, 0.4) is 0 Å². The van der Waals surface area contributed by atoms with Crippen LogP contribution < -0.4 is 0 Å². The van der Waals surface area contributed by atoms with E-state index in [1.165, 1.54) is 218 Å². The number of ether oxygens (including phenoxy) is 3. The molecule has 0 bridgehead atoms. The third kappa shape index (κ3) is 51.1. The van der Waals surface area contributed by atoms with E-state index in [-0.39, 0.29) is 31.1 Å². The van der Waals surface area contributed by atoms with Gasteiger partial charge in [-0.2, -0.15) is 0 Å². The summed E-state index contributed by atoms with van der Waals surface area (Å²) in [5.41, 5.74) is 0. The fraction of sp³-hybridized carbons (Fsp3) is 0.914. The molecule has 0 spiro atoms. The van der Waals surface area contributed by atoms with Crippen molar-refractivity contribution in [1.82, 2.24) is 0 Å². The molecule has 6 nitrogen and oxygen atoms in total. The molecule has 0 rings (SSSR count). The number of carbonyl (C=O) groups is 3. The van der Waals surface area contributed by atoms with Crippen LogP contribution in [0.5, 0.6) is 0 Å². The lowest BCUT2D eigenvalue weighted by Crippen LogP contribution is -2.30. The van der Waals surface area contributed by atoms with Gasteiger partial charge in [-0.05, 0) is 44.9 Å². The zero-order valence-electron chi connectivity index (χ0n) is 43.3. The van der Waals surface area contributed by atoms with Crippen LogP contribution in [0.4, 0.5) is 0 Å². The second-order valence-electron chi connectivity index (χ2n) is 19.6. The molecule has 1 unspecified atom stereocenters. The molecule has 0 saturated carbocycles. The Morgan fingerprint density at radius 1 is 0.297 bits per heavy atom. The molecule has 0 aliphatic rings. The number of esters is 3. The van der Waals surface area contributed by atoms with E-state index in [9.17, 15) is 14.4 Å². The Morgan fingerprint density at radius 2 is 0.516 bits per heavy atom. The maximum absolute atomic E-state index is 12.8. The molecule has 0 aliphatic heterocycles. The van der Waals surface area contributed by atoms with Crippen LogP contribution in [0.2, 0.25) is 0 Å². The highest BCUT2D eigenvalue weighted by Gasteiger charge is 2.19. The fourth-order valence-corrected chi connectivity index (χ4v) is 8.68. The Bertz CT molecular complexity index is 993. The molecule has 0 heterocycles. The Hall–Kier alpha value is -1.85. The summed E-state index contributed by atoms with van der Waals surface area (Å²) in [5.74, 6) is -0.855. The number of allylic oxidation sites excluding steroid dienone is 2. The number of carbonyl (C=O) groups excluding carboxylic acids is 3. The summed E-state index contributed by atoms with van der Waals surface area (Å²) in [4.78, 5) is 38.0. The van der Waals surface area contributed by atoms with E-state index in [4.69, 9.17) is 14.2 Å². The van der Waals surface area contributed by atoms with Gasteiger partial charge in [-0.25, -0.2) is 0 Å². The zero-order valence-corrected chi connectivity index (χ0v) is 43.3. The maximum Gasteiger partial charge on any atom is 0.306 e. The van der Waals surface area contributed by atoms with E-state index in [2.05, 4.69) is 32.9 Å². The third-order valence-corrected chi connectivity index (χ3v) is 13.0. The summed E-state index contributed by atoms with van der Waals surface area (Å²) >= 11 is 0. The lowest BCUT2D eigenvalue weighted by molar-refractivity contribution is -0.167. The summed E-state index contributed by atoms with van der Waals surface area (Å²) in [7, 11) is 0. The molecule has 0 radical (unpaired) electrons. The Balaban J connectivity index is 4.23. The molecule has 0 N–H and O–H groups in total. The number of rotatable bonds is 53. The lowest BCUT2D eigenvalue weighted by atomic mass is 10.0. The summed E-state index contributed by atoms with van der Waals surface area (Å²) in [6, 6.07) is 0. The molecule has 0 saturated heterocycles. The number of unbranched alkanes of at least 4 members (excludes halogenated alkanes) is 40. The van der Waals surface area contributed by atoms with E-state index >= 15 is 0 Å². The second-order valence-corrected chi connectivity index (χ2v) is 19.6. The van der Waals surface area contributed by atoms with Crippen LogP contribution >= 0.6 is 0 Å². The lowest BCUT2D eigenvalue weighted by Gasteiger charge is -2.18. The maximum atomic E-state index is 12.8. The van der Waals surface area contributed by atoms with E-state index in [0.717, 1.165) is 64.2 Å². The van der Waals surface area contributed by atoms with Crippen molar-refractivity contribution in [3.05, 3.63) is 12.2 Å². The first-order chi connectivity index (χ1) is 31.5. The van der Waals surface area contributed by atoms with Gasteiger partial charge in [-0.15, -0.1) is 0 Å². The molecule has 0 amide bonds. The van der Waals surface area contributed by atoms with Crippen LogP contribution in [-0.4, -0.2) is 37.2 Å². The van der Waals surface area contributed by atoms with Gasteiger partial charge in [0, 0.05) is 19.3 Å². The predicted octanol–water partition coefficient (Wildman–Crippen LogP) is 18.9. The van der Waals surface area contributed by atoms with Gasteiger partial charge in [0.15, 0.2) is 6.10 Å². The summed E-state index contributed by atoms with van der Waals surface area (Å²) in [5, 5.41) is 0. The molecule has 0 aliphatic carbocycles. The minimum atomic E-state index is -0.768. The van der Waals surface area contributed by atoms with Gasteiger partial charge < -0.3 is 14.2 Å². The van der Waals surface area contributed by atoms with Crippen molar-refractivity contribution < 1.29 is 28.6 Å². The molecule has 6 heteroatoms. The van der Waals surface area contributed by atoms with Crippen molar-refractivity contribution >= 4 is 17.9 Å². The van der Waals surface area contributed by atoms with Gasteiger partial charge in [-0.3, -0.25) is 14.4 Å². The van der Waals surface area contributed by atoms with Crippen LogP contribution in [-0.2, 0) is 28.6 Å². The van der Waals surface area contributed by atoms with Crippen molar-refractivity contribution in [2.45, 2.75) is 329 Å². The quantitative estimate of drug-likeness (QED) is 0.0262. The van der Waals surface area contributed by atoms with Gasteiger partial charge in [0.25, 0.3) is 0 Å². The zero-order chi connectivity index (χ0) is 46.5. The number of hydrogen-bond acceptors (Lipinski definition) is 6. The first kappa shape index (κ1) is 62.1. The number of hydrogen-bond donors (Lipinski definition) is 0. The topological polar surface area (TPSA) is 78.9 Å². The minimum Gasteiger partial charge on any atom is -0.462 e. The predicted molar refractivity (Wildman–Crippen MR) is 275 cm³/mol. The van der Waals surface area contributed by atoms with E-state index < -0.39 is 6.10 Å². The Morgan fingerprint density at radius 3 is 0.781 bits per heavy atom.